The molecule has 4 aliphatic carbocycles. The highest BCUT2D eigenvalue weighted by atomic mass is 16.5. The third kappa shape index (κ3) is 12.9. The van der Waals surface area contributed by atoms with E-state index in [1.807, 2.05) is 24.3 Å². The van der Waals surface area contributed by atoms with E-state index in [0.29, 0.717) is 25.0 Å². The molecule has 0 amide bonds. The molecule has 2 aromatic carbocycles. The minimum atomic E-state index is 0.555. The summed E-state index contributed by atoms with van der Waals surface area (Å²) in [5.74, 6) is 6.75. The number of nitriles is 2. The van der Waals surface area contributed by atoms with Crippen molar-refractivity contribution >= 4 is 11.1 Å². The largest absolute Gasteiger partial charge is 0.373 e. The average molecular weight is 769 g/mol. The van der Waals surface area contributed by atoms with Crippen LogP contribution in [0.5, 0.6) is 0 Å². The van der Waals surface area contributed by atoms with Crippen LogP contribution in [0.2, 0.25) is 0 Å². The molecule has 3 nitrogen and oxygen atoms in total. The molecule has 4 fully saturated rings. The Kier molecular flexibility index (Phi) is 17.9. The van der Waals surface area contributed by atoms with E-state index < -0.39 is 0 Å². The van der Waals surface area contributed by atoms with Crippen LogP contribution in [-0.2, 0) is 4.74 Å². The Morgan fingerprint density at radius 1 is 0.491 bits per heavy atom. The monoisotopic (exact) mass is 769 g/mol. The molecule has 0 aromatic heterocycles. The van der Waals surface area contributed by atoms with Gasteiger partial charge in [-0.3, -0.25) is 0 Å². The molecule has 0 spiro atoms. The van der Waals surface area contributed by atoms with Crippen molar-refractivity contribution in [3.63, 3.8) is 0 Å². The van der Waals surface area contributed by atoms with Gasteiger partial charge in [0.15, 0.2) is 0 Å². The van der Waals surface area contributed by atoms with Crippen LogP contribution in [0.3, 0.4) is 0 Å². The van der Waals surface area contributed by atoms with Crippen LogP contribution >= 0.6 is 0 Å². The summed E-state index contributed by atoms with van der Waals surface area (Å²) in [5.41, 5.74) is 6.80. The highest BCUT2D eigenvalue weighted by Crippen LogP contribution is 2.47. The van der Waals surface area contributed by atoms with E-state index in [2.05, 4.69) is 62.4 Å². The van der Waals surface area contributed by atoms with Crippen LogP contribution in [0, 0.1) is 70.0 Å². The van der Waals surface area contributed by atoms with E-state index in [1.165, 1.54) is 176 Å². The Morgan fingerprint density at radius 2 is 0.825 bits per heavy atom. The van der Waals surface area contributed by atoms with Crippen LogP contribution in [0.1, 0.15) is 190 Å². The van der Waals surface area contributed by atoms with Gasteiger partial charge in [0.1, 0.15) is 0 Å². The minimum absolute atomic E-state index is 0.555. The van der Waals surface area contributed by atoms with Gasteiger partial charge >= 0.3 is 0 Å². The van der Waals surface area contributed by atoms with Gasteiger partial charge < -0.3 is 4.74 Å². The fourth-order valence-corrected chi connectivity index (χ4v) is 11.9. The maximum Gasteiger partial charge on any atom is 0.0991 e. The van der Waals surface area contributed by atoms with Crippen molar-refractivity contribution in [1.29, 1.82) is 10.5 Å². The number of benzene rings is 2. The van der Waals surface area contributed by atoms with Crippen molar-refractivity contribution in [1.82, 2.24) is 0 Å². The Bertz CT molecular complexity index is 1470. The lowest BCUT2D eigenvalue weighted by Gasteiger charge is -2.38. The topological polar surface area (TPSA) is 56.8 Å². The number of hydrogen-bond donors (Lipinski definition) is 0. The molecule has 0 saturated heterocycles. The molecule has 0 N–H and O–H groups in total. The Morgan fingerprint density at radius 3 is 1.14 bits per heavy atom. The molecule has 57 heavy (non-hydrogen) atoms. The molecule has 0 atom stereocenters. The second-order valence-electron chi connectivity index (χ2n) is 19.0. The first-order chi connectivity index (χ1) is 28.1. The van der Waals surface area contributed by atoms with Crippen molar-refractivity contribution in [3.05, 3.63) is 82.9 Å². The second-order valence-corrected chi connectivity index (χ2v) is 19.0. The van der Waals surface area contributed by atoms with Gasteiger partial charge in [-0.15, -0.1) is 0 Å². The van der Waals surface area contributed by atoms with Gasteiger partial charge in [0.05, 0.1) is 36.5 Å². The quantitative estimate of drug-likeness (QED) is 0.142. The van der Waals surface area contributed by atoms with E-state index in [1.54, 1.807) is 0 Å². The SMILES string of the molecule is CCCCCC1CCC(C2CCC(C(=CCOCC=C(c3ccc(C#N)cc3)C3CCC(C4CCC(CCCCC)CC4)CC3)c3ccc(C#N)cc3)CC2)CC1. The van der Waals surface area contributed by atoms with Crippen molar-refractivity contribution in [2.24, 2.45) is 47.3 Å². The molecule has 0 unspecified atom stereocenters. The van der Waals surface area contributed by atoms with Gasteiger partial charge in [-0.25, -0.2) is 0 Å². The highest BCUT2D eigenvalue weighted by molar-refractivity contribution is 5.69. The maximum absolute atomic E-state index is 9.49. The Labute approximate surface area is 348 Å². The van der Waals surface area contributed by atoms with E-state index in [0.717, 1.165) is 46.6 Å². The molecule has 3 heteroatoms. The van der Waals surface area contributed by atoms with Crippen LogP contribution in [0.15, 0.2) is 60.7 Å². The fourth-order valence-electron chi connectivity index (χ4n) is 11.9. The van der Waals surface area contributed by atoms with Crippen LogP contribution in [0.4, 0.5) is 0 Å². The number of rotatable bonds is 18. The predicted molar refractivity (Wildman–Crippen MR) is 239 cm³/mol. The minimum Gasteiger partial charge on any atom is -0.373 e. The first-order valence-electron chi connectivity index (χ1n) is 24.1. The zero-order valence-electron chi connectivity index (χ0n) is 36.1. The number of unbranched alkanes of at least 4 members (excludes halogenated alkanes) is 4. The molecular formula is C54H76N2O. The molecule has 4 saturated carbocycles. The van der Waals surface area contributed by atoms with Gasteiger partial charge in [-0.2, -0.15) is 10.5 Å². The molecule has 2 aromatic rings. The van der Waals surface area contributed by atoms with Crippen molar-refractivity contribution < 1.29 is 4.74 Å². The zero-order valence-corrected chi connectivity index (χ0v) is 36.1. The van der Waals surface area contributed by atoms with E-state index >= 15 is 0 Å². The molecular weight excluding hydrogens is 693 g/mol. The van der Waals surface area contributed by atoms with Crippen LogP contribution in [-0.4, -0.2) is 13.2 Å². The highest BCUT2D eigenvalue weighted by Gasteiger charge is 2.33. The second kappa shape index (κ2) is 23.5. The molecule has 4 aliphatic rings. The molecule has 308 valence electrons. The average Bonchev–Trinajstić information content (AvgIpc) is 3.27. The summed E-state index contributed by atoms with van der Waals surface area (Å²) in [6.07, 6.45) is 38.1. The van der Waals surface area contributed by atoms with Crippen molar-refractivity contribution in [2.75, 3.05) is 13.2 Å². The molecule has 0 heterocycles. The lowest BCUT2D eigenvalue weighted by molar-refractivity contribution is 0.152. The maximum atomic E-state index is 9.49. The fraction of sp³-hybridized carbons (Fsp3) is 0.667. The number of allylic oxidation sites excluding steroid dienone is 2. The van der Waals surface area contributed by atoms with Crippen molar-refractivity contribution in [3.8, 4) is 12.1 Å². The van der Waals surface area contributed by atoms with Gasteiger partial charge in [0.2, 0.25) is 0 Å². The normalized spacial score (nSPS) is 28.7. The van der Waals surface area contributed by atoms with Gasteiger partial charge in [0, 0.05) is 0 Å². The predicted octanol–water partition coefficient (Wildman–Crippen LogP) is 15.3. The van der Waals surface area contributed by atoms with Gasteiger partial charge in [-0.05, 0) is 171 Å². The molecule has 0 radical (unpaired) electrons. The third-order valence-corrected chi connectivity index (χ3v) is 15.5. The Hall–Kier alpha value is -3.14. The first kappa shape index (κ1) is 43.4. The lowest BCUT2D eigenvalue weighted by Crippen LogP contribution is -2.26. The summed E-state index contributed by atoms with van der Waals surface area (Å²) in [6.45, 7) is 5.84. The molecule has 6 rings (SSSR count). The molecule has 0 bridgehead atoms. The van der Waals surface area contributed by atoms with E-state index in [4.69, 9.17) is 4.74 Å². The summed E-state index contributed by atoms with van der Waals surface area (Å²) < 4.78 is 6.47. The van der Waals surface area contributed by atoms with Crippen LogP contribution < -0.4 is 0 Å². The summed E-state index contributed by atoms with van der Waals surface area (Å²) in [7, 11) is 0. The first-order valence-corrected chi connectivity index (χ1v) is 24.1. The van der Waals surface area contributed by atoms with E-state index in [9.17, 15) is 10.5 Å². The summed E-state index contributed by atoms with van der Waals surface area (Å²) >= 11 is 0. The summed E-state index contributed by atoms with van der Waals surface area (Å²) in [6, 6.07) is 21.2. The number of nitrogens with zero attached hydrogens (tertiary/aromatic N) is 2. The number of hydrogen-bond acceptors (Lipinski definition) is 3. The number of ether oxygens (including phenoxy) is 1. The summed E-state index contributed by atoms with van der Waals surface area (Å²) in [5, 5.41) is 19.0. The van der Waals surface area contributed by atoms with Gasteiger partial charge in [-0.1, -0.05) is 127 Å². The van der Waals surface area contributed by atoms with Gasteiger partial charge in [0.25, 0.3) is 0 Å². The van der Waals surface area contributed by atoms with Crippen molar-refractivity contribution in [2.45, 2.75) is 168 Å². The van der Waals surface area contributed by atoms with E-state index in [-0.39, 0.29) is 0 Å². The lowest BCUT2D eigenvalue weighted by atomic mass is 9.67. The standard InChI is InChI=1S/C54H76N2O/c1-3-5-7-9-41-11-19-45(20-12-41)47-27-31-51(32-28-47)53(49-23-15-43(39-55)16-24-49)35-37-57-38-36-54(50-25-17-44(40-56)18-26-50)52-33-29-48(30-34-52)46-21-13-42(14-22-46)10-8-6-4-2/h15-18,23-26,35-36,41-42,45-48,51-52H,3-14,19-22,27-34,37-38H2,1-2H3. The zero-order chi connectivity index (χ0) is 39.7. The summed E-state index contributed by atoms with van der Waals surface area (Å²) in [4.78, 5) is 0. The smallest absolute Gasteiger partial charge is 0.0991 e. The Balaban J connectivity index is 1.05. The molecule has 0 aliphatic heterocycles. The third-order valence-electron chi connectivity index (χ3n) is 15.5. The van der Waals surface area contributed by atoms with Crippen LogP contribution in [0.25, 0.3) is 11.1 Å².